The van der Waals surface area contributed by atoms with Crippen molar-refractivity contribution in [3.8, 4) is 5.75 Å². The lowest BCUT2D eigenvalue weighted by molar-refractivity contribution is -0.120. The minimum atomic E-state index is -0.0218. The molecule has 0 spiro atoms. The predicted molar refractivity (Wildman–Crippen MR) is 79.5 cm³/mol. The summed E-state index contributed by atoms with van der Waals surface area (Å²) < 4.78 is 5.49. The van der Waals surface area contributed by atoms with E-state index in [-0.39, 0.29) is 5.91 Å². The summed E-state index contributed by atoms with van der Waals surface area (Å²) in [6.07, 6.45) is 0.353. The van der Waals surface area contributed by atoms with Gasteiger partial charge in [0.25, 0.3) is 0 Å². The lowest BCUT2D eigenvalue weighted by atomic mass is 10.1. The first-order valence-electron chi connectivity index (χ1n) is 6.53. The molecule has 4 nitrogen and oxygen atoms in total. The van der Waals surface area contributed by atoms with Crippen molar-refractivity contribution in [2.24, 2.45) is 0 Å². The number of hydrogen-bond donors (Lipinski definition) is 2. The van der Waals surface area contributed by atoms with E-state index in [9.17, 15) is 4.79 Å². The van der Waals surface area contributed by atoms with Gasteiger partial charge in [-0.15, -0.1) is 0 Å². The van der Waals surface area contributed by atoms with Crippen molar-refractivity contribution < 1.29 is 9.53 Å². The number of amides is 1. The molecule has 2 rings (SSSR count). The third-order valence-electron chi connectivity index (χ3n) is 2.78. The summed E-state index contributed by atoms with van der Waals surface area (Å²) in [5.41, 5.74) is 7.24. The molecule has 0 heterocycles. The average molecular weight is 270 g/mol. The molecular weight excluding hydrogens is 252 g/mol. The summed E-state index contributed by atoms with van der Waals surface area (Å²) >= 11 is 0. The van der Waals surface area contributed by atoms with Crippen LogP contribution < -0.4 is 15.8 Å². The van der Waals surface area contributed by atoms with Crippen LogP contribution >= 0.6 is 0 Å². The second-order valence-corrected chi connectivity index (χ2v) is 4.43. The monoisotopic (exact) mass is 270 g/mol. The molecule has 1 amide bonds. The molecule has 2 aromatic rings. The smallest absolute Gasteiger partial charge is 0.224 e. The fraction of sp³-hybridized carbons (Fsp3) is 0.188. The summed E-state index contributed by atoms with van der Waals surface area (Å²) in [5.74, 6) is 0.784. The van der Waals surface area contributed by atoms with Gasteiger partial charge in [0.1, 0.15) is 12.4 Å². The second kappa shape index (κ2) is 7.19. The van der Waals surface area contributed by atoms with E-state index in [0.29, 0.717) is 25.3 Å². The van der Waals surface area contributed by atoms with Crippen LogP contribution in [-0.2, 0) is 11.2 Å². The molecule has 20 heavy (non-hydrogen) atoms. The molecule has 0 fully saturated rings. The van der Waals surface area contributed by atoms with Crippen molar-refractivity contribution in [3.63, 3.8) is 0 Å². The Hall–Kier alpha value is -2.49. The van der Waals surface area contributed by atoms with Gasteiger partial charge >= 0.3 is 0 Å². The van der Waals surface area contributed by atoms with Crippen LogP contribution in [0.5, 0.6) is 5.75 Å². The van der Waals surface area contributed by atoms with Gasteiger partial charge in [-0.2, -0.15) is 0 Å². The van der Waals surface area contributed by atoms with Gasteiger partial charge in [0.2, 0.25) is 5.91 Å². The van der Waals surface area contributed by atoms with Gasteiger partial charge < -0.3 is 15.8 Å². The molecule has 0 bridgehead atoms. The van der Waals surface area contributed by atoms with Crippen molar-refractivity contribution in [1.29, 1.82) is 0 Å². The SMILES string of the molecule is Nc1ccc(CC(=O)NCCOc2ccccc2)cc1. The topological polar surface area (TPSA) is 64.4 Å². The summed E-state index contributed by atoms with van der Waals surface area (Å²) in [6, 6.07) is 16.8. The molecule has 2 aromatic carbocycles. The second-order valence-electron chi connectivity index (χ2n) is 4.43. The van der Waals surface area contributed by atoms with Gasteiger partial charge in [-0.05, 0) is 29.8 Å². The van der Waals surface area contributed by atoms with Gasteiger partial charge in [0.05, 0.1) is 13.0 Å². The molecule has 0 atom stereocenters. The third kappa shape index (κ3) is 4.65. The maximum absolute atomic E-state index is 11.7. The molecule has 0 saturated heterocycles. The number of nitrogens with two attached hydrogens (primary N) is 1. The van der Waals surface area contributed by atoms with Gasteiger partial charge in [-0.1, -0.05) is 30.3 Å². The lowest BCUT2D eigenvalue weighted by Crippen LogP contribution is -2.29. The highest BCUT2D eigenvalue weighted by atomic mass is 16.5. The average Bonchev–Trinajstić information content (AvgIpc) is 2.47. The van der Waals surface area contributed by atoms with Crippen LogP contribution in [0.25, 0.3) is 0 Å². The van der Waals surface area contributed by atoms with E-state index >= 15 is 0 Å². The zero-order valence-corrected chi connectivity index (χ0v) is 11.2. The van der Waals surface area contributed by atoms with E-state index in [0.717, 1.165) is 11.3 Å². The minimum Gasteiger partial charge on any atom is -0.492 e. The van der Waals surface area contributed by atoms with E-state index in [1.54, 1.807) is 12.1 Å². The quantitative estimate of drug-likeness (QED) is 0.623. The number of ether oxygens (including phenoxy) is 1. The van der Waals surface area contributed by atoms with E-state index in [1.807, 2.05) is 42.5 Å². The van der Waals surface area contributed by atoms with Crippen molar-refractivity contribution in [2.75, 3.05) is 18.9 Å². The number of nitrogen functional groups attached to an aromatic ring is 1. The molecule has 3 N–H and O–H groups in total. The Morgan fingerprint density at radius 3 is 2.45 bits per heavy atom. The van der Waals surface area contributed by atoms with Gasteiger partial charge in [0.15, 0.2) is 0 Å². The highest BCUT2D eigenvalue weighted by Gasteiger charge is 2.02. The van der Waals surface area contributed by atoms with E-state index in [4.69, 9.17) is 10.5 Å². The van der Waals surface area contributed by atoms with E-state index < -0.39 is 0 Å². The Morgan fingerprint density at radius 1 is 1.05 bits per heavy atom. The molecule has 0 aliphatic rings. The van der Waals surface area contributed by atoms with Gasteiger partial charge in [0, 0.05) is 5.69 Å². The van der Waals surface area contributed by atoms with Crippen LogP contribution in [0.15, 0.2) is 54.6 Å². The minimum absolute atomic E-state index is 0.0218. The predicted octanol–water partition coefficient (Wildman–Crippen LogP) is 2.01. The van der Waals surface area contributed by atoms with Crippen molar-refractivity contribution in [2.45, 2.75) is 6.42 Å². The van der Waals surface area contributed by atoms with Gasteiger partial charge in [-0.25, -0.2) is 0 Å². The maximum atomic E-state index is 11.7. The Balaban J connectivity index is 1.66. The summed E-state index contributed by atoms with van der Waals surface area (Å²) in [4.78, 5) is 11.7. The first-order valence-corrected chi connectivity index (χ1v) is 6.53. The van der Waals surface area contributed by atoms with Crippen LogP contribution in [0.4, 0.5) is 5.69 Å². The number of hydrogen-bond acceptors (Lipinski definition) is 3. The summed E-state index contributed by atoms with van der Waals surface area (Å²) in [6.45, 7) is 0.945. The first kappa shape index (κ1) is 13.9. The summed E-state index contributed by atoms with van der Waals surface area (Å²) in [7, 11) is 0. The Kier molecular flexibility index (Phi) is 5.00. The number of carbonyl (C=O) groups is 1. The molecule has 0 aliphatic heterocycles. The zero-order valence-electron chi connectivity index (χ0n) is 11.2. The normalized spacial score (nSPS) is 10.0. The number of anilines is 1. The van der Waals surface area contributed by atoms with Crippen LogP contribution in [0.1, 0.15) is 5.56 Å². The van der Waals surface area contributed by atoms with E-state index in [1.165, 1.54) is 0 Å². The Labute approximate surface area is 118 Å². The standard InChI is InChI=1S/C16H18N2O2/c17-14-8-6-13(7-9-14)12-16(19)18-10-11-20-15-4-2-1-3-5-15/h1-9H,10-12,17H2,(H,18,19). The summed E-state index contributed by atoms with van der Waals surface area (Å²) in [5, 5.41) is 2.82. The number of para-hydroxylation sites is 1. The Morgan fingerprint density at radius 2 is 1.75 bits per heavy atom. The van der Waals surface area contributed by atoms with E-state index in [2.05, 4.69) is 5.32 Å². The molecule has 0 aliphatic carbocycles. The van der Waals surface area contributed by atoms with Crippen molar-refractivity contribution in [3.05, 3.63) is 60.2 Å². The molecular formula is C16H18N2O2. The fourth-order valence-electron chi connectivity index (χ4n) is 1.76. The molecule has 0 aromatic heterocycles. The molecule has 104 valence electrons. The molecule has 0 saturated carbocycles. The number of carbonyl (C=O) groups excluding carboxylic acids is 1. The number of rotatable bonds is 6. The van der Waals surface area contributed by atoms with Crippen LogP contribution in [0.3, 0.4) is 0 Å². The van der Waals surface area contributed by atoms with Crippen LogP contribution in [0, 0.1) is 0 Å². The van der Waals surface area contributed by atoms with Crippen LogP contribution in [-0.4, -0.2) is 19.1 Å². The fourth-order valence-corrected chi connectivity index (χ4v) is 1.76. The highest BCUT2D eigenvalue weighted by Crippen LogP contribution is 2.07. The highest BCUT2D eigenvalue weighted by molar-refractivity contribution is 5.78. The lowest BCUT2D eigenvalue weighted by Gasteiger charge is -2.07. The third-order valence-corrected chi connectivity index (χ3v) is 2.78. The first-order chi connectivity index (χ1) is 9.74. The van der Waals surface area contributed by atoms with Crippen molar-refractivity contribution >= 4 is 11.6 Å². The molecule has 4 heteroatoms. The maximum Gasteiger partial charge on any atom is 0.224 e. The number of nitrogens with one attached hydrogen (secondary N) is 1. The van der Waals surface area contributed by atoms with Crippen LogP contribution in [0.2, 0.25) is 0 Å². The zero-order chi connectivity index (χ0) is 14.2. The number of benzene rings is 2. The largest absolute Gasteiger partial charge is 0.492 e. The Bertz CT molecular complexity index is 538. The van der Waals surface area contributed by atoms with Gasteiger partial charge in [-0.3, -0.25) is 4.79 Å². The molecule has 0 radical (unpaired) electrons. The molecule has 0 unspecified atom stereocenters. The van der Waals surface area contributed by atoms with Crippen molar-refractivity contribution in [1.82, 2.24) is 5.32 Å².